The van der Waals surface area contributed by atoms with E-state index in [4.69, 9.17) is 4.74 Å². The SMILES string of the molecule is O=C(NCC(O)COc1ccc(C(F)(F)F)cc1)c1cc2c(F)cccc2s1. The summed E-state index contributed by atoms with van der Waals surface area (Å²) in [6, 6.07) is 10.1. The maximum absolute atomic E-state index is 13.7. The molecule has 1 atom stereocenters. The summed E-state index contributed by atoms with van der Waals surface area (Å²) < 4.78 is 57.0. The van der Waals surface area contributed by atoms with Gasteiger partial charge < -0.3 is 15.2 Å². The van der Waals surface area contributed by atoms with Gasteiger partial charge in [0.25, 0.3) is 5.91 Å². The fourth-order valence-electron chi connectivity index (χ4n) is 2.43. The average Bonchev–Trinajstić information content (AvgIpc) is 3.10. The van der Waals surface area contributed by atoms with Crippen molar-refractivity contribution in [1.82, 2.24) is 5.32 Å². The fourth-order valence-corrected chi connectivity index (χ4v) is 3.42. The summed E-state index contributed by atoms with van der Waals surface area (Å²) in [6.45, 7) is -0.344. The number of hydrogen-bond acceptors (Lipinski definition) is 4. The topological polar surface area (TPSA) is 58.6 Å². The molecule has 0 spiro atoms. The lowest BCUT2D eigenvalue weighted by atomic mass is 10.2. The van der Waals surface area contributed by atoms with Crippen LogP contribution >= 0.6 is 11.3 Å². The summed E-state index contributed by atoms with van der Waals surface area (Å²) in [5.74, 6) is -0.717. The molecular weight excluding hydrogens is 398 g/mol. The zero-order chi connectivity index (χ0) is 20.3. The summed E-state index contributed by atoms with van der Waals surface area (Å²) in [4.78, 5) is 12.5. The maximum Gasteiger partial charge on any atom is 0.416 e. The molecule has 0 radical (unpaired) electrons. The lowest BCUT2D eigenvalue weighted by Crippen LogP contribution is -2.34. The minimum Gasteiger partial charge on any atom is -0.491 e. The van der Waals surface area contributed by atoms with Gasteiger partial charge in [0.1, 0.15) is 24.3 Å². The molecule has 3 rings (SSSR count). The zero-order valence-corrected chi connectivity index (χ0v) is 15.1. The summed E-state index contributed by atoms with van der Waals surface area (Å²) in [5, 5.41) is 12.8. The van der Waals surface area contributed by atoms with E-state index in [1.165, 1.54) is 12.1 Å². The summed E-state index contributed by atoms with van der Waals surface area (Å²) in [5.41, 5.74) is -0.799. The number of carbonyl (C=O) groups excluding carboxylic acids is 1. The first kappa shape index (κ1) is 20.1. The molecule has 0 bridgehead atoms. The average molecular weight is 413 g/mol. The van der Waals surface area contributed by atoms with Crippen LogP contribution in [-0.2, 0) is 6.18 Å². The highest BCUT2D eigenvalue weighted by atomic mass is 32.1. The van der Waals surface area contributed by atoms with Crippen LogP contribution in [0.3, 0.4) is 0 Å². The molecule has 9 heteroatoms. The van der Waals surface area contributed by atoms with E-state index in [0.717, 1.165) is 35.6 Å². The molecule has 1 heterocycles. The van der Waals surface area contributed by atoms with Gasteiger partial charge in [-0.3, -0.25) is 4.79 Å². The molecule has 1 unspecified atom stereocenters. The summed E-state index contributed by atoms with van der Waals surface area (Å²) >= 11 is 1.13. The van der Waals surface area contributed by atoms with Crippen molar-refractivity contribution in [3.05, 3.63) is 64.8 Å². The minimum atomic E-state index is -4.43. The number of aliphatic hydroxyl groups is 1. The van der Waals surface area contributed by atoms with E-state index in [1.807, 2.05) is 0 Å². The Balaban J connectivity index is 1.50. The highest BCUT2D eigenvalue weighted by Gasteiger charge is 2.30. The van der Waals surface area contributed by atoms with Gasteiger partial charge in [0.2, 0.25) is 0 Å². The van der Waals surface area contributed by atoms with Crippen LogP contribution < -0.4 is 10.1 Å². The van der Waals surface area contributed by atoms with Crippen molar-refractivity contribution >= 4 is 27.3 Å². The number of rotatable bonds is 6. The van der Waals surface area contributed by atoms with E-state index in [0.29, 0.717) is 15.0 Å². The molecular formula is C19H15F4NO3S. The van der Waals surface area contributed by atoms with Crippen molar-refractivity contribution in [2.75, 3.05) is 13.2 Å². The Morgan fingerprint density at radius 3 is 2.54 bits per heavy atom. The van der Waals surface area contributed by atoms with Crippen molar-refractivity contribution in [2.24, 2.45) is 0 Å². The summed E-state index contributed by atoms with van der Waals surface area (Å²) in [6.07, 6.45) is -5.50. The number of ether oxygens (including phenoxy) is 1. The van der Waals surface area contributed by atoms with E-state index in [1.54, 1.807) is 12.1 Å². The number of halogens is 4. The molecule has 0 saturated carbocycles. The van der Waals surface area contributed by atoms with Crippen LogP contribution in [0.5, 0.6) is 5.75 Å². The Hall–Kier alpha value is -2.65. The normalized spacial score (nSPS) is 12.8. The second-order valence-electron chi connectivity index (χ2n) is 5.96. The Bertz CT molecular complexity index is 969. The van der Waals surface area contributed by atoms with Crippen molar-refractivity contribution in [1.29, 1.82) is 0 Å². The van der Waals surface area contributed by atoms with Gasteiger partial charge in [0, 0.05) is 16.6 Å². The molecule has 0 aliphatic rings. The third-order valence-corrected chi connectivity index (χ3v) is 4.95. The van der Waals surface area contributed by atoms with E-state index in [2.05, 4.69) is 5.32 Å². The highest BCUT2D eigenvalue weighted by Crippen LogP contribution is 2.30. The lowest BCUT2D eigenvalue weighted by molar-refractivity contribution is -0.137. The molecule has 0 aliphatic carbocycles. The molecule has 1 aromatic heterocycles. The zero-order valence-electron chi connectivity index (χ0n) is 14.3. The van der Waals surface area contributed by atoms with Crippen molar-refractivity contribution in [2.45, 2.75) is 12.3 Å². The van der Waals surface area contributed by atoms with E-state index < -0.39 is 29.6 Å². The first-order valence-electron chi connectivity index (χ1n) is 8.18. The molecule has 2 aromatic carbocycles. The van der Waals surface area contributed by atoms with Gasteiger partial charge in [-0.15, -0.1) is 11.3 Å². The van der Waals surface area contributed by atoms with Crippen LogP contribution in [0.4, 0.5) is 17.6 Å². The van der Waals surface area contributed by atoms with Gasteiger partial charge in [0.05, 0.1) is 10.4 Å². The van der Waals surface area contributed by atoms with Crippen LogP contribution in [0.15, 0.2) is 48.5 Å². The molecule has 0 saturated heterocycles. The molecule has 1 amide bonds. The molecule has 28 heavy (non-hydrogen) atoms. The Labute approximate surface area is 161 Å². The second kappa shape index (κ2) is 8.15. The Morgan fingerprint density at radius 2 is 1.89 bits per heavy atom. The standard InChI is InChI=1S/C19H15F4NO3S/c20-15-2-1-3-16-14(15)8-17(28-16)18(26)24-9-12(25)10-27-13-6-4-11(5-7-13)19(21,22)23/h1-8,12,25H,9-10H2,(H,24,26). The number of thiophene rings is 1. The third-order valence-electron chi connectivity index (χ3n) is 3.85. The third kappa shape index (κ3) is 4.79. The van der Waals surface area contributed by atoms with Gasteiger partial charge in [0.15, 0.2) is 0 Å². The number of alkyl halides is 3. The van der Waals surface area contributed by atoms with Crippen LogP contribution in [0.25, 0.3) is 10.1 Å². The predicted molar refractivity (Wildman–Crippen MR) is 97.1 cm³/mol. The van der Waals surface area contributed by atoms with Crippen LogP contribution in [0.2, 0.25) is 0 Å². The van der Waals surface area contributed by atoms with Gasteiger partial charge >= 0.3 is 6.18 Å². The van der Waals surface area contributed by atoms with Crippen LogP contribution in [0.1, 0.15) is 15.2 Å². The van der Waals surface area contributed by atoms with Gasteiger partial charge in [-0.2, -0.15) is 13.2 Å². The summed E-state index contributed by atoms with van der Waals surface area (Å²) in [7, 11) is 0. The van der Waals surface area contributed by atoms with Crippen molar-refractivity contribution < 1.29 is 32.2 Å². The number of amides is 1. The van der Waals surface area contributed by atoms with Crippen LogP contribution in [0, 0.1) is 5.82 Å². The monoisotopic (exact) mass is 413 g/mol. The highest BCUT2D eigenvalue weighted by molar-refractivity contribution is 7.20. The Kier molecular flexibility index (Phi) is 5.85. The fraction of sp³-hybridized carbons (Fsp3) is 0.211. The van der Waals surface area contributed by atoms with Crippen LogP contribution in [-0.4, -0.2) is 30.3 Å². The number of nitrogens with one attached hydrogen (secondary N) is 1. The lowest BCUT2D eigenvalue weighted by Gasteiger charge is -2.13. The molecule has 2 N–H and O–H groups in total. The number of aliphatic hydroxyl groups excluding tert-OH is 1. The smallest absolute Gasteiger partial charge is 0.416 e. The van der Waals surface area contributed by atoms with Gasteiger partial charge in [-0.25, -0.2) is 4.39 Å². The minimum absolute atomic E-state index is 0.129. The Morgan fingerprint density at radius 1 is 1.18 bits per heavy atom. The predicted octanol–water partition coefficient (Wildman–Crippen LogP) is 4.23. The van der Waals surface area contributed by atoms with Gasteiger partial charge in [-0.05, 0) is 42.5 Å². The first-order valence-corrected chi connectivity index (χ1v) is 9.00. The number of carbonyl (C=O) groups is 1. The first-order chi connectivity index (χ1) is 13.2. The maximum atomic E-state index is 13.7. The number of fused-ring (bicyclic) bond motifs is 1. The molecule has 3 aromatic rings. The molecule has 0 fully saturated rings. The quantitative estimate of drug-likeness (QED) is 0.595. The molecule has 4 nitrogen and oxygen atoms in total. The van der Waals surface area contributed by atoms with E-state index >= 15 is 0 Å². The van der Waals surface area contributed by atoms with E-state index in [9.17, 15) is 27.5 Å². The molecule has 0 aliphatic heterocycles. The second-order valence-corrected chi connectivity index (χ2v) is 7.04. The van der Waals surface area contributed by atoms with Gasteiger partial charge in [-0.1, -0.05) is 6.07 Å². The van der Waals surface area contributed by atoms with Crippen molar-refractivity contribution in [3.63, 3.8) is 0 Å². The number of benzene rings is 2. The number of hydrogen-bond donors (Lipinski definition) is 2. The molecule has 148 valence electrons. The van der Waals surface area contributed by atoms with E-state index in [-0.39, 0.29) is 18.9 Å². The van der Waals surface area contributed by atoms with Crippen molar-refractivity contribution in [3.8, 4) is 5.75 Å². The largest absolute Gasteiger partial charge is 0.491 e.